The monoisotopic (exact) mass is 1450 g/mol. The lowest BCUT2D eigenvalue weighted by Gasteiger charge is -2.21. The van der Waals surface area contributed by atoms with Crippen molar-refractivity contribution in [1.29, 1.82) is 0 Å². The summed E-state index contributed by atoms with van der Waals surface area (Å²) >= 11 is 0. The quantitative estimate of drug-likeness (QED) is 0.0222. The summed E-state index contributed by atoms with van der Waals surface area (Å²) < 4.78 is 68.7. The fourth-order valence-corrected chi connectivity index (χ4v) is 13.8. The lowest BCUT2D eigenvalue weighted by atomic mass is 10.0. The fraction of sp³-hybridized carbons (Fsp3) is 0.950. The van der Waals surface area contributed by atoms with Gasteiger partial charge in [-0.2, -0.15) is 0 Å². The second kappa shape index (κ2) is 69.1. The molecule has 0 rings (SSSR count). The summed E-state index contributed by atoms with van der Waals surface area (Å²) in [6, 6.07) is 0. The van der Waals surface area contributed by atoms with Gasteiger partial charge in [-0.3, -0.25) is 37.3 Å². The number of aliphatic hydroxyl groups is 1. The summed E-state index contributed by atoms with van der Waals surface area (Å²) in [6.45, 7) is 14.2. The van der Waals surface area contributed by atoms with Gasteiger partial charge < -0.3 is 33.8 Å². The van der Waals surface area contributed by atoms with Gasteiger partial charge in [0.15, 0.2) is 12.2 Å². The van der Waals surface area contributed by atoms with Crippen molar-refractivity contribution >= 4 is 39.5 Å². The first kappa shape index (κ1) is 97.1. The van der Waals surface area contributed by atoms with E-state index in [1.165, 1.54) is 212 Å². The predicted molar refractivity (Wildman–Crippen MR) is 404 cm³/mol. The van der Waals surface area contributed by atoms with E-state index in [9.17, 15) is 43.2 Å². The number of phosphoric acid groups is 2. The van der Waals surface area contributed by atoms with Gasteiger partial charge in [0.2, 0.25) is 0 Å². The van der Waals surface area contributed by atoms with Gasteiger partial charge in [0.25, 0.3) is 0 Å². The number of rotatable bonds is 77. The van der Waals surface area contributed by atoms with Gasteiger partial charge in [-0.1, -0.05) is 357 Å². The van der Waals surface area contributed by atoms with Gasteiger partial charge in [0.05, 0.1) is 26.4 Å². The van der Waals surface area contributed by atoms with Gasteiger partial charge in [0.1, 0.15) is 19.3 Å². The van der Waals surface area contributed by atoms with E-state index in [1.54, 1.807) is 0 Å². The molecule has 588 valence electrons. The average Bonchev–Trinajstić information content (AvgIpc) is 0.948. The van der Waals surface area contributed by atoms with Crippen molar-refractivity contribution in [1.82, 2.24) is 0 Å². The average molecular weight is 1450 g/mol. The molecule has 19 heteroatoms. The molecule has 2 unspecified atom stereocenters. The molecule has 0 aromatic rings. The van der Waals surface area contributed by atoms with E-state index in [-0.39, 0.29) is 25.7 Å². The van der Waals surface area contributed by atoms with E-state index >= 15 is 0 Å². The normalized spacial score (nSPS) is 14.1. The predicted octanol–water partition coefficient (Wildman–Crippen LogP) is 23.6. The van der Waals surface area contributed by atoms with Crippen LogP contribution in [-0.4, -0.2) is 96.7 Å². The Bertz CT molecular complexity index is 1940. The highest BCUT2D eigenvalue weighted by Gasteiger charge is 2.30. The molecule has 17 nitrogen and oxygen atoms in total. The van der Waals surface area contributed by atoms with E-state index in [4.69, 9.17) is 37.0 Å². The fourth-order valence-electron chi connectivity index (χ4n) is 12.3. The standard InChI is InChI=1S/C80H156O17P2/c1-70(2)56-48-40-32-24-18-13-10-9-11-15-22-28-38-46-54-62-79(84)96-75(66-90-77(82)60-52-44-36-27-21-16-12-14-19-25-33-41-49-57-71(3)4)68-94-98(86,87)92-64-74(81)65-93-99(88,89)95-69-76(67-91-78(83)61-53-45-37-31-30-35-43-51-59-73(7)8)97-80(85)63-55-47-39-29-23-17-20-26-34-42-50-58-72(5)6/h70-76,81H,9-69H2,1-8H3,(H,86,87)(H,88,89)/t74-,75-,76-/m1/s1. The van der Waals surface area contributed by atoms with Gasteiger partial charge in [-0.25, -0.2) is 9.13 Å². The molecular formula is C80H156O17P2. The van der Waals surface area contributed by atoms with E-state index in [1.807, 2.05) is 0 Å². The maximum Gasteiger partial charge on any atom is 0.472 e. The Kier molecular flexibility index (Phi) is 67.8. The van der Waals surface area contributed by atoms with Gasteiger partial charge in [-0.05, 0) is 49.4 Å². The summed E-state index contributed by atoms with van der Waals surface area (Å²) in [5.41, 5.74) is 0. The molecule has 0 aliphatic heterocycles. The molecule has 3 N–H and O–H groups in total. The minimum Gasteiger partial charge on any atom is -0.462 e. The molecule has 0 saturated carbocycles. The highest BCUT2D eigenvalue weighted by atomic mass is 31.2. The number of phosphoric ester groups is 2. The molecule has 0 amide bonds. The Morgan fingerprint density at radius 2 is 0.424 bits per heavy atom. The number of esters is 4. The molecule has 0 aromatic carbocycles. The van der Waals surface area contributed by atoms with E-state index < -0.39 is 97.5 Å². The smallest absolute Gasteiger partial charge is 0.462 e. The second-order valence-electron chi connectivity index (χ2n) is 30.7. The number of ether oxygens (including phenoxy) is 4. The molecular weight excluding hydrogens is 1290 g/mol. The van der Waals surface area contributed by atoms with Crippen molar-refractivity contribution in [3.8, 4) is 0 Å². The molecule has 0 spiro atoms. The first-order chi connectivity index (χ1) is 47.6. The maximum atomic E-state index is 13.1. The molecule has 5 atom stereocenters. The largest absolute Gasteiger partial charge is 0.472 e. The van der Waals surface area contributed by atoms with Crippen LogP contribution in [0.15, 0.2) is 0 Å². The third-order valence-corrected chi connectivity index (χ3v) is 20.5. The number of carbonyl (C=O) groups excluding carboxylic acids is 4. The van der Waals surface area contributed by atoms with Crippen LogP contribution in [0, 0.1) is 23.7 Å². The molecule has 0 heterocycles. The minimum atomic E-state index is -4.96. The Labute approximate surface area is 607 Å². The molecule has 0 fully saturated rings. The molecule has 0 aromatic heterocycles. The Morgan fingerprint density at radius 1 is 0.253 bits per heavy atom. The van der Waals surface area contributed by atoms with Crippen LogP contribution < -0.4 is 0 Å². The van der Waals surface area contributed by atoms with Gasteiger partial charge >= 0.3 is 39.5 Å². The summed E-state index contributed by atoms with van der Waals surface area (Å²) in [5.74, 6) is 0.970. The maximum absolute atomic E-state index is 13.1. The SMILES string of the molecule is CC(C)CCCCCCCCCCCCCCCCCC(=O)O[C@H](COC(=O)CCCCCCCCCCCCCCCC(C)C)COP(=O)(O)OC[C@@H](O)COP(=O)(O)OC[C@@H](COC(=O)CCCCCCCCCCC(C)C)OC(=O)CCCCCCCCCCCCCC(C)C. The number of carbonyl (C=O) groups is 4. The van der Waals surface area contributed by atoms with Crippen LogP contribution in [0.2, 0.25) is 0 Å². The van der Waals surface area contributed by atoms with Gasteiger partial charge in [-0.15, -0.1) is 0 Å². The molecule has 0 saturated heterocycles. The molecule has 0 radical (unpaired) electrons. The molecule has 99 heavy (non-hydrogen) atoms. The molecule has 0 aliphatic carbocycles. The van der Waals surface area contributed by atoms with Crippen molar-refractivity contribution < 1.29 is 80.2 Å². The summed E-state index contributed by atoms with van der Waals surface area (Å²) in [7, 11) is -9.92. The highest BCUT2D eigenvalue weighted by molar-refractivity contribution is 7.47. The van der Waals surface area contributed by atoms with Crippen LogP contribution in [0.4, 0.5) is 0 Å². The van der Waals surface area contributed by atoms with Crippen molar-refractivity contribution in [2.24, 2.45) is 23.7 Å². The summed E-state index contributed by atoms with van der Waals surface area (Å²) in [6.07, 6.45) is 55.5. The highest BCUT2D eigenvalue weighted by Crippen LogP contribution is 2.45. The number of hydrogen-bond donors (Lipinski definition) is 3. The zero-order valence-electron chi connectivity index (χ0n) is 65.1. The van der Waals surface area contributed by atoms with Crippen LogP contribution in [0.5, 0.6) is 0 Å². The first-order valence-corrected chi connectivity index (χ1v) is 44.2. The zero-order chi connectivity index (χ0) is 73.1. The van der Waals surface area contributed by atoms with E-state index in [0.29, 0.717) is 25.7 Å². The molecule has 0 bridgehead atoms. The van der Waals surface area contributed by atoms with Crippen LogP contribution in [0.25, 0.3) is 0 Å². The summed E-state index contributed by atoms with van der Waals surface area (Å²) in [4.78, 5) is 73.0. The van der Waals surface area contributed by atoms with Gasteiger partial charge in [0, 0.05) is 25.7 Å². The van der Waals surface area contributed by atoms with E-state index in [0.717, 1.165) is 114 Å². The van der Waals surface area contributed by atoms with Crippen molar-refractivity contribution in [3.63, 3.8) is 0 Å². The van der Waals surface area contributed by atoms with Crippen molar-refractivity contribution in [3.05, 3.63) is 0 Å². The van der Waals surface area contributed by atoms with Crippen LogP contribution in [0.3, 0.4) is 0 Å². The second-order valence-corrected chi connectivity index (χ2v) is 33.6. The third kappa shape index (κ3) is 74.1. The van der Waals surface area contributed by atoms with Crippen LogP contribution in [-0.2, 0) is 65.4 Å². The van der Waals surface area contributed by atoms with Crippen LogP contribution in [0.1, 0.15) is 409 Å². The lowest BCUT2D eigenvalue weighted by Crippen LogP contribution is -2.30. The zero-order valence-corrected chi connectivity index (χ0v) is 66.9. The van der Waals surface area contributed by atoms with Crippen LogP contribution >= 0.6 is 15.6 Å². The number of hydrogen-bond acceptors (Lipinski definition) is 15. The van der Waals surface area contributed by atoms with Crippen molar-refractivity contribution in [2.45, 2.75) is 427 Å². The third-order valence-electron chi connectivity index (χ3n) is 18.6. The lowest BCUT2D eigenvalue weighted by molar-refractivity contribution is -0.161. The topological polar surface area (TPSA) is 237 Å². The Hall–Kier alpha value is -1.94. The number of unbranched alkanes of at least 4 members (excludes halogenated alkanes) is 43. The van der Waals surface area contributed by atoms with E-state index in [2.05, 4.69) is 55.4 Å². The minimum absolute atomic E-state index is 0.106. The first-order valence-electron chi connectivity index (χ1n) is 41.2. The Morgan fingerprint density at radius 3 is 0.626 bits per heavy atom. The summed E-state index contributed by atoms with van der Waals surface area (Å²) in [5, 5.41) is 10.6. The number of aliphatic hydroxyl groups excluding tert-OH is 1. The molecule has 0 aliphatic rings. The van der Waals surface area contributed by atoms with Crippen molar-refractivity contribution in [2.75, 3.05) is 39.6 Å². The Balaban J connectivity index is 5.26.